The van der Waals surface area contributed by atoms with Crippen molar-refractivity contribution in [1.29, 1.82) is 0 Å². The molecule has 1 aromatic carbocycles. The van der Waals surface area contributed by atoms with E-state index in [0.29, 0.717) is 42.1 Å². The minimum absolute atomic E-state index is 0.0520. The van der Waals surface area contributed by atoms with Crippen molar-refractivity contribution in [2.45, 2.75) is 39.3 Å². The van der Waals surface area contributed by atoms with Crippen molar-refractivity contribution in [2.75, 3.05) is 39.2 Å². The second-order valence-corrected chi connectivity index (χ2v) is 8.91. The van der Waals surface area contributed by atoms with Crippen LogP contribution in [-0.2, 0) is 9.53 Å². The van der Waals surface area contributed by atoms with Gasteiger partial charge >= 0.3 is 0 Å². The standard InChI is InChI=1S/C26H34N4O5/c1-6-24(31)28-20-9-10-21-22(12-20)35-16-18(3)30(25(32)19-8-7-11-27-13-19)14-17(2)23(34-5)15-29(4)26(21)33/h7-13,17-18,23H,6,14-16H2,1-5H3,(H,28,31)/t17-,18+,23-/m0/s1. The van der Waals surface area contributed by atoms with E-state index in [9.17, 15) is 14.4 Å². The number of rotatable bonds is 4. The van der Waals surface area contributed by atoms with Gasteiger partial charge in [-0.2, -0.15) is 0 Å². The normalized spacial score (nSPS) is 21.3. The summed E-state index contributed by atoms with van der Waals surface area (Å²) in [5.41, 5.74) is 1.41. The van der Waals surface area contributed by atoms with Gasteiger partial charge in [0.1, 0.15) is 12.4 Å². The first-order valence-electron chi connectivity index (χ1n) is 11.8. The van der Waals surface area contributed by atoms with Gasteiger partial charge in [-0.1, -0.05) is 13.8 Å². The van der Waals surface area contributed by atoms with Crippen molar-refractivity contribution >= 4 is 23.4 Å². The number of amides is 3. The first-order chi connectivity index (χ1) is 16.7. The Bertz CT molecular complexity index is 1050. The Hall–Kier alpha value is -3.46. The predicted octanol–water partition coefficient (Wildman–Crippen LogP) is 3.08. The molecule has 3 atom stereocenters. The lowest BCUT2D eigenvalue weighted by Gasteiger charge is -2.36. The zero-order chi connectivity index (χ0) is 25.5. The van der Waals surface area contributed by atoms with Crippen LogP contribution in [0.3, 0.4) is 0 Å². The molecule has 0 bridgehead atoms. The molecule has 3 rings (SSSR count). The summed E-state index contributed by atoms with van der Waals surface area (Å²) in [6, 6.07) is 8.15. The molecule has 3 amide bonds. The highest BCUT2D eigenvalue weighted by molar-refractivity contribution is 5.98. The Morgan fingerprint density at radius 3 is 2.66 bits per heavy atom. The number of carbonyl (C=O) groups is 3. The molecule has 1 aliphatic heterocycles. The van der Waals surface area contributed by atoms with Gasteiger partial charge in [-0.05, 0) is 31.2 Å². The molecule has 0 unspecified atom stereocenters. The number of pyridine rings is 1. The van der Waals surface area contributed by atoms with Crippen LogP contribution in [0.5, 0.6) is 5.75 Å². The monoisotopic (exact) mass is 482 g/mol. The van der Waals surface area contributed by atoms with Gasteiger partial charge in [-0.3, -0.25) is 19.4 Å². The Morgan fingerprint density at radius 1 is 1.23 bits per heavy atom. The Kier molecular flexibility index (Phi) is 8.81. The summed E-state index contributed by atoms with van der Waals surface area (Å²) in [7, 11) is 3.33. The van der Waals surface area contributed by atoms with E-state index >= 15 is 0 Å². The number of hydrogen-bond donors (Lipinski definition) is 1. The van der Waals surface area contributed by atoms with Crippen LogP contribution in [0, 0.1) is 5.92 Å². The lowest BCUT2D eigenvalue weighted by atomic mass is 10.0. The smallest absolute Gasteiger partial charge is 0.257 e. The minimum atomic E-state index is -0.309. The van der Waals surface area contributed by atoms with Gasteiger partial charge in [-0.15, -0.1) is 0 Å². The van der Waals surface area contributed by atoms with Crippen LogP contribution in [0.2, 0.25) is 0 Å². The highest BCUT2D eigenvalue weighted by atomic mass is 16.5. The zero-order valence-corrected chi connectivity index (χ0v) is 21.0. The molecular formula is C26H34N4O5. The molecule has 1 aliphatic rings. The summed E-state index contributed by atoms with van der Waals surface area (Å²) in [4.78, 5) is 46.0. The third kappa shape index (κ3) is 6.36. The van der Waals surface area contributed by atoms with E-state index in [0.717, 1.165) is 0 Å². The van der Waals surface area contributed by atoms with Crippen molar-refractivity contribution < 1.29 is 23.9 Å². The average Bonchev–Trinajstić information content (AvgIpc) is 2.87. The van der Waals surface area contributed by atoms with E-state index < -0.39 is 0 Å². The number of benzene rings is 1. The molecule has 0 saturated carbocycles. The molecule has 0 fully saturated rings. The van der Waals surface area contributed by atoms with Crippen molar-refractivity contribution in [3.8, 4) is 5.75 Å². The highest BCUT2D eigenvalue weighted by Gasteiger charge is 2.31. The van der Waals surface area contributed by atoms with Crippen molar-refractivity contribution in [2.24, 2.45) is 5.92 Å². The number of nitrogens with one attached hydrogen (secondary N) is 1. The first-order valence-corrected chi connectivity index (χ1v) is 11.8. The fraction of sp³-hybridized carbons (Fsp3) is 0.462. The molecule has 0 radical (unpaired) electrons. The van der Waals surface area contributed by atoms with Crippen LogP contribution in [0.15, 0.2) is 42.7 Å². The van der Waals surface area contributed by atoms with Crippen LogP contribution in [0.4, 0.5) is 5.69 Å². The SMILES string of the molecule is CCC(=O)Nc1ccc2c(c1)OC[C@@H](C)N(C(=O)c1cccnc1)C[C@H](C)[C@@H](OC)CN(C)C2=O. The lowest BCUT2D eigenvalue weighted by molar-refractivity contribution is -0.115. The fourth-order valence-electron chi connectivity index (χ4n) is 4.04. The first kappa shape index (κ1) is 26.2. The largest absolute Gasteiger partial charge is 0.491 e. The molecule has 0 aliphatic carbocycles. The number of methoxy groups -OCH3 is 1. The molecule has 0 saturated heterocycles. The fourth-order valence-corrected chi connectivity index (χ4v) is 4.04. The summed E-state index contributed by atoms with van der Waals surface area (Å²) in [6.07, 6.45) is 3.22. The Morgan fingerprint density at radius 2 is 2.00 bits per heavy atom. The van der Waals surface area contributed by atoms with Gasteiger partial charge in [0.15, 0.2) is 0 Å². The maximum Gasteiger partial charge on any atom is 0.257 e. The number of fused-ring (bicyclic) bond motifs is 1. The molecule has 9 nitrogen and oxygen atoms in total. The summed E-state index contributed by atoms with van der Waals surface area (Å²) < 4.78 is 11.8. The molecular weight excluding hydrogens is 448 g/mol. The van der Waals surface area contributed by atoms with E-state index in [2.05, 4.69) is 10.3 Å². The molecule has 1 N–H and O–H groups in total. The quantitative estimate of drug-likeness (QED) is 0.719. The van der Waals surface area contributed by atoms with Gasteiger partial charge < -0.3 is 24.6 Å². The van der Waals surface area contributed by atoms with Crippen molar-refractivity contribution in [3.05, 3.63) is 53.9 Å². The van der Waals surface area contributed by atoms with E-state index in [1.54, 1.807) is 73.6 Å². The number of hydrogen-bond acceptors (Lipinski definition) is 6. The summed E-state index contributed by atoms with van der Waals surface area (Å²) in [5.74, 6) is -0.205. The van der Waals surface area contributed by atoms with Gasteiger partial charge in [-0.25, -0.2) is 0 Å². The maximum atomic E-state index is 13.4. The second-order valence-electron chi connectivity index (χ2n) is 8.91. The van der Waals surface area contributed by atoms with Gasteiger partial charge in [0.25, 0.3) is 11.8 Å². The highest BCUT2D eigenvalue weighted by Crippen LogP contribution is 2.27. The number of aromatic nitrogens is 1. The number of carbonyl (C=O) groups excluding carboxylic acids is 3. The maximum absolute atomic E-state index is 13.4. The molecule has 0 spiro atoms. The van der Waals surface area contributed by atoms with Crippen LogP contribution in [-0.4, -0.2) is 78.5 Å². The van der Waals surface area contributed by atoms with E-state index in [1.807, 2.05) is 13.8 Å². The molecule has 35 heavy (non-hydrogen) atoms. The van der Waals surface area contributed by atoms with Crippen LogP contribution in [0.25, 0.3) is 0 Å². The predicted molar refractivity (Wildman–Crippen MR) is 133 cm³/mol. The van der Waals surface area contributed by atoms with E-state index in [4.69, 9.17) is 9.47 Å². The number of likely N-dealkylation sites (N-methyl/N-ethyl adjacent to an activating group) is 1. The van der Waals surface area contributed by atoms with Crippen LogP contribution < -0.4 is 10.1 Å². The van der Waals surface area contributed by atoms with Gasteiger partial charge in [0.2, 0.25) is 5.91 Å². The van der Waals surface area contributed by atoms with E-state index in [1.165, 1.54) is 0 Å². The molecule has 2 heterocycles. The topological polar surface area (TPSA) is 101 Å². The van der Waals surface area contributed by atoms with Crippen molar-refractivity contribution in [1.82, 2.24) is 14.8 Å². The number of nitrogens with zero attached hydrogens (tertiary/aromatic N) is 3. The van der Waals surface area contributed by atoms with Crippen molar-refractivity contribution in [3.63, 3.8) is 0 Å². The third-order valence-corrected chi connectivity index (χ3v) is 6.22. The molecule has 1 aromatic heterocycles. The van der Waals surface area contributed by atoms with Gasteiger partial charge in [0.05, 0.1) is 23.3 Å². The summed E-state index contributed by atoms with van der Waals surface area (Å²) in [6.45, 7) is 6.59. The molecule has 2 aromatic rings. The van der Waals surface area contributed by atoms with Crippen LogP contribution in [0.1, 0.15) is 47.9 Å². The average molecular weight is 483 g/mol. The van der Waals surface area contributed by atoms with Gasteiger partial charge in [0, 0.05) is 63.7 Å². The van der Waals surface area contributed by atoms with E-state index in [-0.39, 0.29) is 42.4 Å². The number of anilines is 1. The Balaban J connectivity index is 1.99. The third-order valence-electron chi connectivity index (χ3n) is 6.22. The van der Waals surface area contributed by atoms with Crippen LogP contribution >= 0.6 is 0 Å². The number of ether oxygens (including phenoxy) is 2. The zero-order valence-electron chi connectivity index (χ0n) is 21.0. The molecule has 9 heteroatoms. The molecule has 188 valence electrons. The Labute approximate surface area is 206 Å². The summed E-state index contributed by atoms with van der Waals surface area (Å²) in [5, 5.41) is 2.80. The second kappa shape index (κ2) is 11.8. The lowest BCUT2D eigenvalue weighted by Crippen LogP contribution is -2.48. The summed E-state index contributed by atoms with van der Waals surface area (Å²) >= 11 is 0. The minimum Gasteiger partial charge on any atom is -0.491 e.